The van der Waals surface area contributed by atoms with Crippen molar-refractivity contribution in [2.24, 2.45) is 0 Å². The Bertz CT molecular complexity index is 1320. The summed E-state index contributed by atoms with van der Waals surface area (Å²) in [6, 6.07) is 5.89. The summed E-state index contributed by atoms with van der Waals surface area (Å²) in [6.45, 7) is 12.6. The van der Waals surface area contributed by atoms with Crippen LogP contribution in [0.3, 0.4) is 0 Å². The molecule has 1 fully saturated rings. The number of urea groups is 3. The van der Waals surface area contributed by atoms with E-state index >= 15 is 0 Å². The highest BCUT2D eigenvalue weighted by atomic mass is 16.7. The number of hydrogen-bond acceptors (Lipinski definition) is 9. The number of amides is 10. The maximum Gasteiger partial charge on any atom is 0.432 e. The Morgan fingerprint density at radius 3 is 1.74 bits per heavy atom. The van der Waals surface area contributed by atoms with Gasteiger partial charge in [0.25, 0.3) is 11.8 Å². The molecule has 18 heteroatoms. The van der Waals surface area contributed by atoms with Crippen LogP contribution >= 0.6 is 0 Å². The topological polar surface area (TPSA) is 229 Å². The lowest BCUT2D eigenvalue weighted by Crippen LogP contribution is -2.53. The zero-order valence-electron chi connectivity index (χ0n) is 29.7. The van der Waals surface area contributed by atoms with Crippen LogP contribution in [-0.4, -0.2) is 108 Å². The molecule has 4 atom stereocenters. The van der Waals surface area contributed by atoms with Gasteiger partial charge in [0, 0.05) is 69.7 Å². The number of imide groups is 1. The Kier molecular flexibility index (Phi) is 16.1. The minimum Gasteiger partial charge on any atom is -0.444 e. The molecule has 0 aromatic heterocycles. The van der Waals surface area contributed by atoms with Gasteiger partial charge in [-0.05, 0) is 54.0 Å². The summed E-state index contributed by atoms with van der Waals surface area (Å²) in [5.41, 5.74) is 0.193. The standard InChI is InChI=1S/C32H51N9O9/c1-20(37-28(45)34-16-22(3)39-31(48)49-32(5,6)7)15-33-27(44)38-21(2)17-35-29(46)40(19-24-11-9-8-10-12-24)23(4)18-36-30(47)50-41-25(42)13-14-26(41)43/h8-12,20-23H,13-19H2,1-7H3,(H,35,46)(H,36,47)(H,39,48)(H2,33,38,44)(H2,34,37,45)/t20?,21-,22-,23?/m0/s1. The van der Waals surface area contributed by atoms with E-state index in [0.29, 0.717) is 5.06 Å². The first-order valence-corrected chi connectivity index (χ1v) is 16.4. The Morgan fingerprint density at radius 1 is 0.720 bits per heavy atom. The Labute approximate surface area is 292 Å². The van der Waals surface area contributed by atoms with Crippen molar-refractivity contribution in [3.8, 4) is 0 Å². The maximum atomic E-state index is 13.3. The van der Waals surface area contributed by atoms with Gasteiger partial charge < -0.3 is 51.7 Å². The van der Waals surface area contributed by atoms with Gasteiger partial charge in [0.05, 0.1) is 0 Å². The van der Waals surface area contributed by atoms with E-state index in [2.05, 4.69) is 37.2 Å². The average molecular weight is 706 g/mol. The van der Waals surface area contributed by atoms with E-state index in [-0.39, 0.29) is 51.6 Å². The zero-order valence-corrected chi connectivity index (χ0v) is 29.7. The number of alkyl carbamates (subject to hydrolysis) is 1. The summed E-state index contributed by atoms with van der Waals surface area (Å²) in [5, 5.41) is 19.1. The van der Waals surface area contributed by atoms with Crippen molar-refractivity contribution < 1.29 is 43.1 Å². The van der Waals surface area contributed by atoms with Gasteiger partial charge in [0.2, 0.25) is 0 Å². The summed E-state index contributed by atoms with van der Waals surface area (Å²) in [6.07, 6.45) is -1.66. The molecule has 1 saturated heterocycles. The van der Waals surface area contributed by atoms with Crippen molar-refractivity contribution in [1.29, 1.82) is 0 Å². The summed E-state index contributed by atoms with van der Waals surface area (Å²) in [4.78, 5) is 91.9. The first kappa shape index (κ1) is 40.9. The maximum absolute atomic E-state index is 13.3. The van der Waals surface area contributed by atoms with Crippen molar-refractivity contribution in [3.63, 3.8) is 0 Å². The molecule has 50 heavy (non-hydrogen) atoms. The van der Waals surface area contributed by atoms with Crippen LogP contribution < -0.4 is 37.2 Å². The first-order valence-electron chi connectivity index (χ1n) is 16.4. The lowest BCUT2D eigenvalue weighted by molar-refractivity contribution is -0.171. The van der Waals surface area contributed by atoms with Crippen LogP contribution in [0.5, 0.6) is 0 Å². The van der Waals surface area contributed by atoms with Crippen LogP contribution in [0.4, 0.5) is 24.0 Å². The van der Waals surface area contributed by atoms with E-state index in [1.54, 1.807) is 48.5 Å². The fourth-order valence-corrected chi connectivity index (χ4v) is 4.37. The van der Waals surface area contributed by atoms with E-state index in [0.717, 1.165) is 5.56 Å². The molecule has 1 aliphatic heterocycles. The molecule has 7 N–H and O–H groups in total. The smallest absolute Gasteiger partial charge is 0.432 e. The van der Waals surface area contributed by atoms with Crippen molar-refractivity contribution in [1.82, 2.24) is 47.2 Å². The summed E-state index contributed by atoms with van der Waals surface area (Å²) >= 11 is 0. The third-order valence-electron chi connectivity index (χ3n) is 6.93. The van der Waals surface area contributed by atoms with Gasteiger partial charge in [-0.2, -0.15) is 0 Å². The molecule has 1 aromatic carbocycles. The number of rotatable bonds is 15. The van der Waals surface area contributed by atoms with Crippen LogP contribution in [0.1, 0.15) is 66.9 Å². The second-order valence-corrected chi connectivity index (χ2v) is 13.0. The molecule has 1 aromatic rings. The Hall–Kier alpha value is -5.29. The lowest BCUT2D eigenvalue weighted by Gasteiger charge is -2.30. The van der Waals surface area contributed by atoms with Gasteiger partial charge in [0.15, 0.2) is 0 Å². The molecule has 0 bridgehead atoms. The van der Waals surface area contributed by atoms with Crippen LogP contribution in [0.25, 0.3) is 0 Å². The van der Waals surface area contributed by atoms with Gasteiger partial charge in [0.1, 0.15) is 5.60 Å². The summed E-state index contributed by atoms with van der Waals surface area (Å²) in [7, 11) is 0. The number of nitrogens with one attached hydrogen (secondary N) is 7. The van der Waals surface area contributed by atoms with Crippen LogP contribution in [0, 0.1) is 0 Å². The fraction of sp³-hybridized carbons (Fsp3) is 0.594. The molecule has 0 radical (unpaired) electrons. The predicted molar refractivity (Wildman–Crippen MR) is 181 cm³/mol. The number of carbonyl (C=O) groups is 7. The molecule has 1 aliphatic rings. The normalized spacial score (nSPS) is 15.1. The molecule has 10 amide bonds. The quantitative estimate of drug-likeness (QED) is 0.132. The predicted octanol–water partition coefficient (Wildman–Crippen LogP) is 1.67. The number of benzene rings is 1. The molecular weight excluding hydrogens is 654 g/mol. The van der Waals surface area contributed by atoms with E-state index in [9.17, 15) is 33.6 Å². The second-order valence-electron chi connectivity index (χ2n) is 13.0. The van der Waals surface area contributed by atoms with Crippen LogP contribution in [-0.2, 0) is 25.7 Å². The SMILES string of the molecule is CC(CNC(=O)N[C@@H](C)CNC(=O)N(Cc1ccccc1)C(C)CNC(=O)ON1C(=O)CCC1=O)NC(=O)NC[C@H](C)NC(=O)OC(C)(C)C. The van der Waals surface area contributed by atoms with Gasteiger partial charge in [-0.25, -0.2) is 24.0 Å². The number of ether oxygens (including phenoxy) is 1. The third-order valence-corrected chi connectivity index (χ3v) is 6.93. The fourth-order valence-electron chi connectivity index (χ4n) is 4.37. The van der Waals surface area contributed by atoms with Crippen LogP contribution in [0.2, 0.25) is 0 Å². The lowest BCUT2D eigenvalue weighted by atomic mass is 10.2. The van der Waals surface area contributed by atoms with Gasteiger partial charge in [-0.3, -0.25) is 9.59 Å². The van der Waals surface area contributed by atoms with E-state index < -0.39 is 65.8 Å². The average Bonchev–Trinajstić information content (AvgIpc) is 3.34. The van der Waals surface area contributed by atoms with E-state index in [1.807, 2.05) is 30.3 Å². The number of nitrogens with zero attached hydrogens (tertiary/aromatic N) is 2. The largest absolute Gasteiger partial charge is 0.444 e. The van der Waals surface area contributed by atoms with Crippen molar-refractivity contribution in [2.75, 3.05) is 26.2 Å². The van der Waals surface area contributed by atoms with Gasteiger partial charge in [-0.15, -0.1) is 5.06 Å². The third kappa shape index (κ3) is 15.7. The number of carbonyl (C=O) groups excluding carboxylic acids is 7. The number of hydroxylamine groups is 2. The molecule has 0 aliphatic carbocycles. The first-order chi connectivity index (χ1) is 23.4. The molecule has 0 saturated carbocycles. The summed E-state index contributed by atoms with van der Waals surface area (Å²) < 4.78 is 5.19. The number of hydrogen-bond donors (Lipinski definition) is 7. The monoisotopic (exact) mass is 705 g/mol. The molecule has 1 heterocycles. The highest BCUT2D eigenvalue weighted by molar-refractivity contribution is 6.01. The minimum atomic E-state index is -1.00. The molecule has 2 unspecified atom stereocenters. The zero-order chi connectivity index (χ0) is 37.4. The van der Waals surface area contributed by atoms with Gasteiger partial charge >= 0.3 is 30.3 Å². The highest BCUT2D eigenvalue weighted by Gasteiger charge is 2.33. The van der Waals surface area contributed by atoms with E-state index in [1.165, 1.54) is 4.90 Å². The summed E-state index contributed by atoms with van der Waals surface area (Å²) in [5.74, 6) is -1.21. The minimum absolute atomic E-state index is 0.0316. The Balaban J connectivity index is 1.77. The highest BCUT2D eigenvalue weighted by Crippen LogP contribution is 2.13. The van der Waals surface area contributed by atoms with E-state index in [4.69, 9.17) is 9.57 Å². The van der Waals surface area contributed by atoms with Crippen LogP contribution in [0.15, 0.2) is 30.3 Å². The molecule has 0 spiro atoms. The molecular formula is C32H51N9O9. The second kappa shape index (κ2) is 19.6. The van der Waals surface area contributed by atoms with Crippen molar-refractivity contribution in [2.45, 2.75) is 97.6 Å². The van der Waals surface area contributed by atoms with Crippen molar-refractivity contribution >= 4 is 42.1 Å². The molecule has 18 nitrogen and oxygen atoms in total. The van der Waals surface area contributed by atoms with Gasteiger partial charge in [-0.1, -0.05) is 30.3 Å². The van der Waals surface area contributed by atoms with Crippen molar-refractivity contribution in [3.05, 3.63) is 35.9 Å². The molecule has 278 valence electrons. The molecule has 2 rings (SSSR count). The Morgan fingerprint density at radius 2 is 1.22 bits per heavy atom.